The van der Waals surface area contributed by atoms with Crippen LogP contribution < -0.4 is 24.8 Å². The second-order valence-electron chi connectivity index (χ2n) is 7.42. The van der Waals surface area contributed by atoms with E-state index in [4.69, 9.17) is 19.2 Å². The van der Waals surface area contributed by atoms with Crippen LogP contribution >= 0.6 is 0 Å². The van der Waals surface area contributed by atoms with Crippen molar-refractivity contribution >= 4 is 17.6 Å². The molecule has 0 aliphatic heterocycles. The Labute approximate surface area is 173 Å². The zero-order valence-electron chi connectivity index (χ0n) is 18.4. The van der Waals surface area contributed by atoms with Gasteiger partial charge in [-0.15, -0.1) is 0 Å². The van der Waals surface area contributed by atoms with Crippen molar-refractivity contribution < 1.29 is 19.0 Å². The predicted molar refractivity (Wildman–Crippen MR) is 115 cm³/mol. The first kappa shape index (κ1) is 22.6. The van der Waals surface area contributed by atoms with Gasteiger partial charge in [0.15, 0.2) is 17.5 Å². The van der Waals surface area contributed by atoms with Crippen LogP contribution in [0.2, 0.25) is 0 Å². The minimum absolute atomic E-state index is 0.155. The van der Waals surface area contributed by atoms with Crippen molar-refractivity contribution in [2.75, 3.05) is 53.8 Å². The zero-order chi connectivity index (χ0) is 21.4. The lowest BCUT2D eigenvalue weighted by molar-refractivity contribution is -0.138. The van der Waals surface area contributed by atoms with Crippen LogP contribution in [0, 0.1) is 5.41 Å². The summed E-state index contributed by atoms with van der Waals surface area (Å²) in [7, 11) is 8.35. The molecule has 0 radical (unpaired) electrons. The number of rotatable bonds is 8. The Balaban J connectivity index is 2.28. The van der Waals surface area contributed by atoms with Crippen LogP contribution in [0.4, 0.5) is 5.69 Å². The summed E-state index contributed by atoms with van der Waals surface area (Å²) in [5.74, 6) is 2.41. The Morgan fingerprint density at radius 2 is 1.69 bits per heavy atom. The highest BCUT2D eigenvalue weighted by Gasteiger charge is 2.42. The molecule has 29 heavy (non-hydrogen) atoms. The first-order valence-corrected chi connectivity index (χ1v) is 9.98. The molecule has 1 aromatic carbocycles. The molecule has 1 aliphatic rings. The van der Waals surface area contributed by atoms with Crippen molar-refractivity contribution in [2.45, 2.75) is 32.6 Å². The number of hydrogen-bond acceptors (Lipinski definition) is 5. The smallest absolute Gasteiger partial charge is 0.230 e. The molecular formula is C21H34N4O4. The highest BCUT2D eigenvalue weighted by molar-refractivity contribution is 5.94. The van der Waals surface area contributed by atoms with Gasteiger partial charge in [0, 0.05) is 38.5 Å². The summed E-state index contributed by atoms with van der Waals surface area (Å²) in [6.45, 7) is 3.15. The van der Waals surface area contributed by atoms with E-state index < -0.39 is 5.41 Å². The number of hydrogen-bond donors (Lipinski definition) is 2. The van der Waals surface area contributed by atoms with Crippen molar-refractivity contribution in [3.8, 4) is 17.2 Å². The third kappa shape index (κ3) is 5.25. The van der Waals surface area contributed by atoms with Crippen molar-refractivity contribution in [1.29, 1.82) is 0 Å². The van der Waals surface area contributed by atoms with Gasteiger partial charge in [0.25, 0.3) is 0 Å². The van der Waals surface area contributed by atoms with Crippen LogP contribution in [0.5, 0.6) is 17.2 Å². The number of aliphatic imine (C=N–C) groups is 1. The molecule has 1 amide bonds. The van der Waals surface area contributed by atoms with Crippen LogP contribution in [0.1, 0.15) is 32.6 Å². The van der Waals surface area contributed by atoms with E-state index in [1.54, 1.807) is 26.2 Å². The maximum atomic E-state index is 12.8. The Bertz CT molecular complexity index is 702. The largest absolute Gasteiger partial charge is 0.493 e. The molecule has 0 atom stereocenters. The Kier molecular flexibility index (Phi) is 7.99. The molecule has 0 heterocycles. The molecule has 2 N–H and O–H groups in total. The summed E-state index contributed by atoms with van der Waals surface area (Å²) >= 11 is 0. The number of carbonyl (C=O) groups excluding carboxylic acids is 1. The van der Waals surface area contributed by atoms with Crippen molar-refractivity contribution in [1.82, 2.24) is 10.2 Å². The van der Waals surface area contributed by atoms with Gasteiger partial charge in [-0.05, 0) is 19.8 Å². The fourth-order valence-electron chi connectivity index (χ4n) is 3.79. The number of ether oxygens (including phenoxy) is 3. The molecule has 1 aliphatic carbocycles. The van der Waals surface area contributed by atoms with Gasteiger partial charge in [-0.1, -0.05) is 12.8 Å². The van der Waals surface area contributed by atoms with Gasteiger partial charge in [-0.2, -0.15) is 0 Å². The monoisotopic (exact) mass is 406 g/mol. The first-order valence-electron chi connectivity index (χ1n) is 9.98. The van der Waals surface area contributed by atoms with Crippen molar-refractivity contribution in [3.63, 3.8) is 0 Å². The Morgan fingerprint density at radius 3 is 2.14 bits per heavy atom. The first-order chi connectivity index (χ1) is 13.9. The second-order valence-corrected chi connectivity index (χ2v) is 7.42. The molecule has 0 unspecified atom stereocenters. The number of nitrogens with zero attached hydrogens (tertiary/aromatic N) is 2. The van der Waals surface area contributed by atoms with E-state index in [1.807, 2.05) is 33.2 Å². The molecule has 0 bridgehead atoms. The lowest BCUT2D eigenvalue weighted by Gasteiger charge is -2.29. The molecule has 0 spiro atoms. The number of guanidine groups is 1. The van der Waals surface area contributed by atoms with Gasteiger partial charge in [-0.3, -0.25) is 9.79 Å². The quantitative estimate of drug-likeness (QED) is 0.510. The van der Waals surface area contributed by atoms with Crippen molar-refractivity contribution in [2.24, 2.45) is 10.4 Å². The van der Waals surface area contributed by atoms with E-state index in [0.717, 1.165) is 31.4 Å². The van der Waals surface area contributed by atoms with Crippen LogP contribution in [0.15, 0.2) is 17.1 Å². The van der Waals surface area contributed by atoms with E-state index in [-0.39, 0.29) is 5.91 Å². The minimum atomic E-state index is -0.416. The minimum Gasteiger partial charge on any atom is -0.493 e. The second kappa shape index (κ2) is 10.2. The number of amides is 1. The number of anilines is 1. The summed E-state index contributed by atoms with van der Waals surface area (Å²) in [6, 6.07) is 3.65. The van der Waals surface area contributed by atoms with E-state index in [2.05, 4.69) is 10.6 Å². The summed E-state index contributed by atoms with van der Waals surface area (Å²) < 4.78 is 16.2. The summed E-state index contributed by atoms with van der Waals surface area (Å²) in [6.07, 6.45) is 3.87. The highest BCUT2D eigenvalue weighted by atomic mass is 16.5. The number of methoxy groups -OCH3 is 3. The molecule has 2 rings (SSSR count). The highest BCUT2D eigenvalue weighted by Crippen LogP contribution is 2.41. The summed E-state index contributed by atoms with van der Waals surface area (Å²) in [5, 5.41) is 6.53. The molecule has 162 valence electrons. The molecule has 0 saturated heterocycles. The maximum absolute atomic E-state index is 12.8. The third-order valence-corrected chi connectivity index (χ3v) is 5.23. The average molecular weight is 407 g/mol. The standard InChI is InChI=1S/C21H34N4O4/c1-7-22-20(23-14-21(10-8-9-11-21)19(26)25(2)3)24-15-12-16(27-4)18(29-6)17(13-15)28-5/h12-13H,7-11,14H2,1-6H3,(H2,22,23,24). The van der Waals surface area contributed by atoms with Gasteiger partial charge in [0.05, 0.1) is 33.3 Å². The van der Waals surface area contributed by atoms with Gasteiger partial charge in [0.1, 0.15) is 0 Å². The SMILES string of the molecule is CCNC(=NCC1(C(=O)N(C)C)CCCC1)Nc1cc(OC)c(OC)c(OC)c1. The number of carbonyl (C=O) groups is 1. The lowest BCUT2D eigenvalue weighted by Crippen LogP contribution is -2.41. The number of benzene rings is 1. The van der Waals surface area contributed by atoms with E-state index in [0.29, 0.717) is 36.3 Å². The van der Waals surface area contributed by atoms with Gasteiger partial charge >= 0.3 is 0 Å². The summed E-state index contributed by atoms with van der Waals surface area (Å²) in [5.41, 5.74) is 0.333. The Morgan fingerprint density at radius 1 is 1.10 bits per heavy atom. The Hall–Kier alpha value is -2.64. The van der Waals surface area contributed by atoms with E-state index in [1.165, 1.54) is 0 Å². The molecule has 8 heteroatoms. The lowest BCUT2D eigenvalue weighted by atomic mass is 9.85. The molecular weight excluding hydrogens is 372 g/mol. The van der Waals surface area contributed by atoms with Crippen LogP contribution in [0.3, 0.4) is 0 Å². The van der Waals surface area contributed by atoms with Crippen molar-refractivity contribution in [3.05, 3.63) is 12.1 Å². The van der Waals surface area contributed by atoms with Gasteiger partial charge < -0.3 is 29.7 Å². The molecule has 0 aromatic heterocycles. The van der Waals surface area contributed by atoms with Gasteiger partial charge in [0.2, 0.25) is 11.7 Å². The fraction of sp³-hybridized carbons (Fsp3) is 0.619. The van der Waals surface area contributed by atoms with Crippen LogP contribution in [-0.4, -0.2) is 65.3 Å². The third-order valence-electron chi connectivity index (χ3n) is 5.23. The van der Waals surface area contributed by atoms with E-state index in [9.17, 15) is 4.79 Å². The van der Waals surface area contributed by atoms with Crippen LogP contribution in [-0.2, 0) is 4.79 Å². The fourth-order valence-corrected chi connectivity index (χ4v) is 3.79. The van der Waals surface area contributed by atoms with Crippen LogP contribution in [0.25, 0.3) is 0 Å². The average Bonchev–Trinajstić information content (AvgIpc) is 3.20. The topological polar surface area (TPSA) is 84.4 Å². The normalized spacial score (nSPS) is 15.6. The molecule has 1 aromatic rings. The van der Waals surface area contributed by atoms with E-state index >= 15 is 0 Å². The predicted octanol–water partition coefficient (Wildman–Crippen LogP) is 2.74. The molecule has 1 saturated carbocycles. The molecule has 8 nitrogen and oxygen atoms in total. The summed E-state index contributed by atoms with van der Waals surface area (Å²) in [4.78, 5) is 19.2. The zero-order valence-corrected chi connectivity index (χ0v) is 18.4. The number of nitrogens with one attached hydrogen (secondary N) is 2. The maximum Gasteiger partial charge on any atom is 0.230 e. The molecule has 1 fully saturated rings. The van der Waals surface area contributed by atoms with Gasteiger partial charge in [-0.25, -0.2) is 0 Å².